The third-order valence-corrected chi connectivity index (χ3v) is 8.35. The third-order valence-electron chi connectivity index (χ3n) is 6.38. The SMILES string of the molecule is COc1ccc(C(=O)CSc2nnc(NC(=O)CCc3nc(-c4ccc(OCc5ccccc5)c(OC)c4)no3)s2)cc1OC. The molecule has 5 aromatic rings. The molecule has 14 heteroatoms. The Morgan fingerprint density at radius 3 is 2.42 bits per heavy atom. The summed E-state index contributed by atoms with van der Waals surface area (Å²) in [5.41, 5.74) is 2.22. The Labute approximate surface area is 267 Å². The summed E-state index contributed by atoms with van der Waals surface area (Å²) in [6, 6.07) is 20.2. The third kappa shape index (κ3) is 8.37. The molecule has 0 radical (unpaired) electrons. The van der Waals surface area contributed by atoms with Crippen molar-refractivity contribution >= 4 is 39.9 Å². The molecule has 1 N–H and O–H groups in total. The number of carbonyl (C=O) groups is 2. The highest BCUT2D eigenvalue weighted by atomic mass is 32.2. The predicted molar refractivity (Wildman–Crippen MR) is 169 cm³/mol. The van der Waals surface area contributed by atoms with Crippen LogP contribution in [0.5, 0.6) is 23.0 Å². The molecule has 0 fully saturated rings. The zero-order valence-corrected chi connectivity index (χ0v) is 26.3. The lowest BCUT2D eigenvalue weighted by Gasteiger charge is -2.11. The van der Waals surface area contributed by atoms with Crippen LogP contribution in [0.2, 0.25) is 0 Å². The first kappa shape index (κ1) is 31.5. The Kier molecular flexibility index (Phi) is 10.6. The van der Waals surface area contributed by atoms with Crippen LogP contribution in [0.15, 0.2) is 75.6 Å². The largest absolute Gasteiger partial charge is 0.493 e. The number of ether oxygens (including phenoxy) is 4. The zero-order chi connectivity index (χ0) is 31.6. The number of anilines is 1. The summed E-state index contributed by atoms with van der Waals surface area (Å²) < 4.78 is 27.8. The quantitative estimate of drug-likeness (QED) is 0.0839. The molecule has 0 aliphatic carbocycles. The number of hydrogen-bond donors (Lipinski definition) is 1. The highest BCUT2D eigenvalue weighted by Gasteiger charge is 2.16. The Morgan fingerprint density at radius 1 is 0.889 bits per heavy atom. The Morgan fingerprint density at radius 2 is 1.64 bits per heavy atom. The number of aryl methyl sites for hydroxylation is 1. The molecule has 0 aliphatic heterocycles. The molecule has 232 valence electrons. The van der Waals surface area contributed by atoms with Gasteiger partial charge in [-0.05, 0) is 42.0 Å². The predicted octanol–water partition coefficient (Wildman–Crippen LogP) is 5.74. The number of amides is 1. The van der Waals surface area contributed by atoms with Gasteiger partial charge in [0.1, 0.15) is 6.61 Å². The molecule has 0 atom stereocenters. The number of ketones is 1. The van der Waals surface area contributed by atoms with E-state index in [0.717, 1.165) is 5.56 Å². The maximum Gasteiger partial charge on any atom is 0.227 e. The monoisotopic (exact) mass is 647 g/mol. The minimum absolute atomic E-state index is 0.0943. The van der Waals surface area contributed by atoms with Crippen LogP contribution in [0.4, 0.5) is 5.13 Å². The molecule has 45 heavy (non-hydrogen) atoms. The van der Waals surface area contributed by atoms with E-state index in [4.69, 9.17) is 23.5 Å². The van der Waals surface area contributed by atoms with Gasteiger partial charge in [-0.2, -0.15) is 4.98 Å². The van der Waals surface area contributed by atoms with E-state index < -0.39 is 0 Å². The van der Waals surface area contributed by atoms with E-state index in [1.54, 1.807) is 37.4 Å². The lowest BCUT2D eigenvalue weighted by Crippen LogP contribution is -2.12. The molecular weight excluding hydrogens is 619 g/mol. The van der Waals surface area contributed by atoms with Gasteiger partial charge in [-0.1, -0.05) is 58.6 Å². The van der Waals surface area contributed by atoms with Crippen LogP contribution in [0.1, 0.15) is 28.2 Å². The molecule has 0 bridgehead atoms. The highest BCUT2D eigenvalue weighted by molar-refractivity contribution is 8.01. The van der Waals surface area contributed by atoms with E-state index in [0.29, 0.717) is 61.9 Å². The number of rotatable bonds is 15. The van der Waals surface area contributed by atoms with Crippen molar-refractivity contribution in [2.75, 3.05) is 32.4 Å². The van der Waals surface area contributed by atoms with Crippen molar-refractivity contribution in [3.63, 3.8) is 0 Å². The maximum absolute atomic E-state index is 12.6. The van der Waals surface area contributed by atoms with Gasteiger partial charge >= 0.3 is 0 Å². The van der Waals surface area contributed by atoms with E-state index in [2.05, 4.69) is 25.7 Å². The number of methoxy groups -OCH3 is 3. The van der Waals surface area contributed by atoms with Crippen LogP contribution in [0.3, 0.4) is 0 Å². The van der Waals surface area contributed by atoms with Gasteiger partial charge in [-0.3, -0.25) is 9.59 Å². The zero-order valence-electron chi connectivity index (χ0n) is 24.6. The van der Waals surface area contributed by atoms with Crippen molar-refractivity contribution in [1.82, 2.24) is 20.3 Å². The minimum atomic E-state index is -0.287. The number of nitrogens with one attached hydrogen (secondary N) is 1. The number of hydrogen-bond acceptors (Lipinski definition) is 13. The summed E-state index contributed by atoms with van der Waals surface area (Å²) in [6.45, 7) is 0.405. The highest BCUT2D eigenvalue weighted by Crippen LogP contribution is 2.33. The fourth-order valence-corrected chi connectivity index (χ4v) is 5.74. The van der Waals surface area contributed by atoms with E-state index in [-0.39, 0.29) is 30.3 Å². The Balaban J connectivity index is 1.09. The summed E-state index contributed by atoms with van der Waals surface area (Å²) in [6.07, 6.45) is 0.325. The van der Waals surface area contributed by atoms with Crippen LogP contribution >= 0.6 is 23.1 Å². The second kappa shape index (κ2) is 15.2. The van der Waals surface area contributed by atoms with Crippen LogP contribution in [-0.4, -0.2) is 59.1 Å². The van der Waals surface area contributed by atoms with Crippen molar-refractivity contribution in [2.24, 2.45) is 0 Å². The van der Waals surface area contributed by atoms with E-state index >= 15 is 0 Å². The fraction of sp³-hybridized carbons (Fsp3) is 0.226. The van der Waals surface area contributed by atoms with Gasteiger partial charge in [-0.25, -0.2) is 0 Å². The molecule has 2 heterocycles. The summed E-state index contributed by atoms with van der Waals surface area (Å²) >= 11 is 2.41. The first-order valence-electron chi connectivity index (χ1n) is 13.6. The molecule has 12 nitrogen and oxygen atoms in total. The minimum Gasteiger partial charge on any atom is -0.493 e. The van der Waals surface area contributed by atoms with E-state index in [1.165, 1.54) is 37.3 Å². The van der Waals surface area contributed by atoms with Crippen LogP contribution in [0, 0.1) is 0 Å². The van der Waals surface area contributed by atoms with E-state index in [9.17, 15) is 9.59 Å². The lowest BCUT2D eigenvalue weighted by atomic mass is 10.1. The summed E-state index contributed by atoms with van der Waals surface area (Å²) in [5.74, 6) is 2.58. The summed E-state index contributed by atoms with van der Waals surface area (Å²) in [4.78, 5) is 29.6. The van der Waals surface area contributed by atoms with Crippen molar-refractivity contribution in [2.45, 2.75) is 23.8 Å². The molecule has 2 aromatic heterocycles. The average molecular weight is 648 g/mol. The molecular formula is C31H29N5O7S2. The van der Waals surface area contributed by atoms with Gasteiger partial charge in [0.25, 0.3) is 0 Å². The number of aromatic nitrogens is 4. The van der Waals surface area contributed by atoms with E-state index in [1.807, 2.05) is 36.4 Å². The molecule has 5 rings (SSSR count). The van der Waals surface area contributed by atoms with Gasteiger partial charge in [-0.15, -0.1) is 10.2 Å². The average Bonchev–Trinajstić information content (AvgIpc) is 3.75. The number of nitrogens with zero attached hydrogens (tertiary/aromatic N) is 4. The molecule has 0 saturated carbocycles. The number of Topliss-reactive ketones (excluding diaryl/α,β-unsaturated/α-hetero) is 1. The second-order valence-corrected chi connectivity index (χ2v) is 11.6. The van der Waals surface area contributed by atoms with Crippen LogP contribution in [-0.2, 0) is 17.8 Å². The Bertz CT molecular complexity index is 1760. The van der Waals surface area contributed by atoms with Gasteiger partial charge in [0.2, 0.25) is 22.8 Å². The second-order valence-electron chi connectivity index (χ2n) is 9.35. The number of carbonyl (C=O) groups excluding carboxylic acids is 2. The van der Waals surface area contributed by atoms with Crippen LogP contribution in [0.25, 0.3) is 11.4 Å². The van der Waals surface area contributed by atoms with Gasteiger partial charge in [0.05, 0.1) is 27.1 Å². The maximum atomic E-state index is 12.6. The normalized spacial score (nSPS) is 10.7. The molecule has 0 saturated heterocycles. The standard InChI is InChI=1S/C31H29N5O7S2/c1-39-23-11-9-20(15-25(23)40-2)22(37)18-44-31-35-34-30(45-31)32-27(38)13-14-28-33-29(36-43-28)21-10-12-24(26(16-21)41-3)42-17-19-7-5-4-6-8-19/h4-12,15-16H,13-14,17-18H2,1-3H3,(H,32,34,38). The summed E-state index contributed by atoms with van der Waals surface area (Å²) in [7, 11) is 4.61. The lowest BCUT2D eigenvalue weighted by molar-refractivity contribution is -0.116. The van der Waals surface area contributed by atoms with Gasteiger partial charge in [0.15, 0.2) is 33.1 Å². The first-order valence-corrected chi connectivity index (χ1v) is 15.4. The van der Waals surface area contributed by atoms with Gasteiger partial charge in [0, 0.05) is 24.0 Å². The fourth-order valence-electron chi connectivity index (χ4n) is 4.08. The molecule has 0 unspecified atom stereocenters. The first-order chi connectivity index (χ1) is 21.9. The molecule has 3 aromatic carbocycles. The van der Waals surface area contributed by atoms with Gasteiger partial charge < -0.3 is 28.8 Å². The van der Waals surface area contributed by atoms with Crippen LogP contribution < -0.4 is 24.3 Å². The van der Waals surface area contributed by atoms with Crippen molar-refractivity contribution in [3.8, 4) is 34.4 Å². The number of benzene rings is 3. The Hall–Kier alpha value is -4.95. The molecule has 1 amide bonds. The molecule has 0 aliphatic rings. The summed E-state index contributed by atoms with van der Waals surface area (Å²) in [5, 5.41) is 15.2. The number of thioether (sulfide) groups is 1. The molecule has 0 spiro atoms. The smallest absolute Gasteiger partial charge is 0.227 e. The van der Waals surface area contributed by atoms with Crippen molar-refractivity contribution in [3.05, 3.63) is 83.7 Å². The van der Waals surface area contributed by atoms with Crippen molar-refractivity contribution < 1.29 is 33.1 Å². The topological polar surface area (TPSA) is 148 Å². The van der Waals surface area contributed by atoms with Crippen molar-refractivity contribution in [1.29, 1.82) is 0 Å².